The number of H-pyrrole nitrogens is 1. The van der Waals surface area contributed by atoms with E-state index in [1.54, 1.807) is 7.11 Å². The SMILES string of the molecule is COc1ccc(-c2nc(C)c3c(n2)-c2[nH]c4c(c2CC3)C(=O)NCC4)cc1. The lowest BCUT2D eigenvalue weighted by atomic mass is 9.89. The first kappa shape index (κ1) is 16.1. The van der Waals surface area contributed by atoms with E-state index in [0.717, 1.165) is 64.5 Å². The largest absolute Gasteiger partial charge is 0.497 e. The number of aromatic amines is 1. The van der Waals surface area contributed by atoms with Gasteiger partial charge in [-0.3, -0.25) is 4.79 Å². The van der Waals surface area contributed by atoms with E-state index in [9.17, 15) is 4.79 Å². The number of fused-ring (bicyclic) bond motifs is 5. The van der Waals surface area contributed by atoms with Crippen LogP contribution in [-0.4, -0.2) is 34.5 Å². The Labute approximate surface area is 157 Å². The fourth-order valence-electron chi connectivity index (χ4n) is 4.12. The normalized spacial score (nSPS) is 14.8. The maximum atomic E-state index is 12.4. The van der Waals surface area contributed by atoms with Crippen LogP contribution in [0.15, 0.2) is 24.3 Å². The molecule has 1 amide bonds. The standard InChI is InChI=1S/C21H20N4O2/c1-11-14-7-8-15-17-16(9-10-22-21(17)26)24-19(15)18(14)25-20(23-11)12-3-5-13(27-2)6-4-12/h3-6,24H,7-10H2,1-2H3,(H,22,26). The van der Waals surface area contributed by atoms with Crippen LogP contribution in [0.2, 0.25) is 0 Å². The second-order valence-corrected chi connectivity index (χ2v) is 7.03. The van der Waals surface area contributed by atoms with Gasteiger partial charge in [0, 0.05) is 35.5 Å². The van der Waals surface area contributed by atoms with Crippen molar-refractivity contribution in [1.82, 2.24) is 20.3 Å². The summed E-state index contributed by atoms with van der Waals surface area (Å²) in [5.41, 5.74) is 7.96. The van der Waals surface area contributed by atoms with E-state index in [1.807, 2.05) is 31.2 Å². The molecule has 3 aromatic rings. The second-order valence-electron chi connectivity index (χ2n) is 7.03. The summed E-state index contributed by atoms with van der Waals surface area (Å²) in [7, 11) is 1.65. The summed E-state index contributed by atoms with van der Waals surface area (Å²) in [6.07, 6.45) is 2.53. The molecule has 0 fully saturated rings. The van der Waals surface area contributed by atoms with Gasteiger partial charge in [-0.05, 0) is 49.6 Å². The molecule has 2 aromatic heterocycles. The van der Waals surface area contributed by atoms with Crippen molar-refractivity contribution in [2.45, 2.75) is 26.2 Å². The molecule has 2 N–H and O–H groups in total. The minimum Gasteiger partial charge on any atom is -0.497 e. The van der Waals surface area contributed by atoms with Gasteiger partial charge in [0.05, 0.1) is 24.1 Å². The summed E-state index contributed by atoms with van der Waals surface area (Å²) in [6, 6.07) is 7.76. The van der Waals surface area contributed by atoms with Crippen LogP contribution in [0.3, 0.4) is 0 Å². The quantitative estimate of drug-likeness (QED) is 0.736. The van der Waals surface area contributed by atoms with Crippen LogP contribution in [0.5, 0.6) is 5.75 Å². The number of carbonyl (C=O) groups excluding carboxylic acids is 1. The van der Waals surface area contributed by atoms with E-state index in [4.69, 9.17) is 14.7 Å². The van der Waals surface area contributed by atoms with Crippen molar-refractivity contribution in [3.63, 3.8) is 0 Å². The molecule has 1 aromatic carbocycles. The predicted octanol–water partition coefficient (Wildman–Crippen LogP) is 2.84. The zero-order valence-corrected chi connectivity index (χ0v) is 15.3. The second kappa shape index (κ2) is 5.94. The van der Waals surface area contributed by atoms with E-state index in [2.05, 4.69) is 10.3 Å². The highest BCUT2D eigenvalue weighted by molar-refractivity contribution is 6.00. The summed E-state index contributed by atoms with van der Waals surface area (Å²) in [5.74, 6) is 1.52. The lowest BCUT2D eigenvalue weighted by Crippen LogP contribution is -2.32. The molecule has 6 nitrogen and oxygen atoms in total. The average molecular weight is 360 g/mol. The van der Waals surface area contributed by atoms with Gasteiger partial charge in [-0.25, -0.2) is 9.97 Å². The van der Waals surface area contributed by atoms with Gasteiger partial charge in [-0.15, -0.1) is 0 Å². The zero-order valence-electron chi connectivity index (χ0n) is 15.3. The molecule has 3 heterocycles. The maximum Gasteiger partial charge on any atom is 0.253 e. The van der Waals surface area contributed by atoms with Crippen LogP contribution >= 0.6 is 0 Å². The van der Waals surface area contributed by atoms with Crippen molar-refractivity contribution < 1.29 is 9.53 Å². The fourth-order valence-corrected chi connectivity index (χ4v) is 4.12. The van der Waals surface area contributed by atoms with Gasteiger partial charge < -0.3 is 15.0 Å². The molecule has 5 rings (SSSR count). The number of amides is 1. The van der Waals surface area contributed by atoms with Gasteiger partial charge in [0.1, 0.15) is 5.75 Å². The number of carbonyl (C=O) groups is 1. The van der Waals surface area contributed by atoms with Crippen molar-refractivity contribution in [2.24, 2.45) is 0 Å². The Kier molecular flexibility index (Phi) is 3.53. The number of benzene rings is 1. The van der Waals surface area contributed by atoms with Crippen LogP contribution in [-0.2, 0) is 19.3 Å². The van der Waals surface area contributed by atoms with E-state index in [-0.39, 0.29) is 5.91 Å². The number of aromatic nitrogens is 3. The Hall–Kier alpha value is -3.15. The van der Waals surface area contributed by atoms with Crippen LogP contribution in [0.1, 0.15) is 32.9 Å². The number of nitrogens with one attached hydrogen (secondary N) is 2. The topological polar surface area (TPSA) is 79.9 Å². The van der Waals surface area contributed by atoms with Gasteiger partial charge in [-0.2, -0.15) is 0 Å². The first-order chi connectivity index (χ1) is 13.2. The lowest BCUT2D eigenvalue weighted by Gasteiger charge is -2.19. The molecule has 136 valence electrons. The fraction of sp³-hybridized carbons (Fsp3) is 0.286. The summed E-state index contributed by atoms with van der Waals surface area (Å²) in [5, 5.41) is 2.95. The lowest BCUT2D eigenvalue weighted by molar-refractivity contribution is 0.0945. The van der Waals surface area contributed by atoms with Crippen LogP contribution in [0.25, 0.3) is 22.8 Å². The Bertz CT molecular complexity index is 1070. The Balaban J connectivity index is 1.67. The van der Waals surface area contributed by atoms with Crippen molar-refractivity contribution >= 4 is 5.91 Å². The Morgan fingerprint density at radius 3 is 2.59 bits per heavy atom. The summed E-state index contributed by atoms with van der Waals surface area (Å²) in [6.45, 7) is 2.71. The maximum absolute atomic E-state index is 12.4. The Morgan fingerprint density at radius 2 is 1.81 bits per heavy atom. The van der Waals surface area contributed by atoms with E-state index < -0.39 is 0 Å². The third-order valence-electron chi connectivity index (χ3n) is 5.49. The van der Waals surface area contributed by atoms with Crippen LogP contribution < -0.4 is 10.1 Å². The molecule has 0 bridgehead atoms. The van der Waals surface area contributed by atoms with E-state index in [1.165, 1.54) is 5.56 Å². The highest BCUT2D eigenvalue weighted by Gasteiger charge is 2.31. The number of aryl methyl sites for hydroxylation is 1. The highest BCUT2D eigenvalue weighted by Crippen LogP contribution is 2.38. The minimum atomic E-state index is 0.0263. The van der Waals surface area contributed by atoms with Gasteiger partial charge in [-0.1, -0.05) is 0 Å². The molecule has 0 unspecified atom stereocenters. The third kappa shape index (κ3) is 2.44. The average Bonchev–Trinajstić information content (AvgIpc) is 3.08. The van der Waals surface area contributed by atoms with Crippen molar-refractivity contribution in [1.29, 1.82) is 0 Å². The predicted molar refractivity (Wildman–Crippen MR) is 102 cm³/mol. The van der Waals surface area contributed by atoms with Crippen LogP contribution in [0.4, 0.5) is 0 Å². The Morgan fingerprint density at radius 1 is 1.04 bits per heavy atom. The number of hydrogen-bond donors (Lipinski definition) is 2. The molecule has 1 aliphatic carbocycles. The third-order valence-corrected chi connectivity index (χ3v) is 5.49. The summed E-state index contributed by atoms with van der Waals surface area (Å²) < 4.78 is 5.24. The smallest absolute Gasteiger partial charge is 0.253 e. The van der Waals surface area contributed by atoms with E-state index in [0.29, 0.717) is 12.4 Å². The molecule has 1 aliphatic heterocycles. The molecule has 2 aliphatic rings. The molecule has 0 saturated carbocycles. The molecular weight excluding hydrogens is 340 g/mol. The summed E-state index contributed by atoms with van der Waals surface area (Å²) >= 11 is 0. The molecule has 0 atom stereocenters. The number of hydrogen-bond acceptors (Lipinski definition) is 4. The van der Waals surface area contributed by atoms with Crippen molar-refractivity contribution in [3.05, 3.63) is 52.3 Å². The van der Waals surface area contributed by atoms with Gasteiger partial charge in [0.2, 0.25) is 0 Å². The highest BCUT2D eigenvalue weighted by atomic mass is 16.5. The molecular formula is C21H20N4O2. The van der Waals surface area contributed by atoms with Crippen LogP contribution in [0, 0.1) is 6.92 Å². The number of ether oxygens (including phenoxy) is 1. The van der Waals surface area contributed by atoms with Crippen molar-refractivity contribution in [3.8, 4) is 28.5 Å². The molecule has 0 spiro atoms. The van der Waals surface area contributed by atoms with Gasteiger partial charge >= 0.3 is 0 Å². The first-order valence-electron chi connectivity index (χ1n) is 9.20. The van der Waals surface area contributed by atoms with Gasteiger partial charge in [0.15, 0.2) is 5.82 Å². The molecule has 0 radical (unpaired) electrons. The number of nitrogens with zero attached hydrogens (tertiary/aromatic N) is 2. The minimum absolute atomic E-state index is 0.0263. The van der Waals surface area contributed by atoms with Crippen molar-refractivity contribution in [2.75, 3.05) is 13.7 Å². The summed E-state index contributed by atoms with van der Waals surface area (Å²) in [4.78, 5) is 25.5. The molecule has 0 saturated heterocycles. The van der Waals surface area contributed by atoms with Gasteiger partial charge in [0.25, 0.3) is 5.91 Å². The number of methoxy groups -OCH3 is 1. The molecule has 27 heavy (non-hydrogen) atoms. The number of rotatable bonds is 2. The van der Waals surface area contributed by atoms with E-state index >= 15 is 0 Å². The monoisotopic (exact) mass is 360 g/mol. The first-order valence-corrected chi connectivity index (χ1v) is 9.20. The molecule has 6 heteroatoms. The zero-order chi connectivity index (χ0) is 18.5.